The van der Waals surface area contributed by atoms with Gasteiger partial charge in [-0.1, -0.05) is 0 Å². The zero-order valence-corrected chi connectivity index (χ0v) is 19.0. The molecule has 2 aromatic carbocycles. The van der Waals surface area contributed by atoms with Crippen LogP contribution in [0.25, 0.3) is 0 Å². The summed E-state index contributed by atoms with van der Waals surface area (Å²) < 4.78 is 10.6. The zero-order valence-electron chi connectivity index (χ0n) is 19.0. The van der Waals surface area contributed by atoms with E-state index in [9.17, 15) is 14.4 Å². The van der Waals surface area contributed by atoms with Gasteiger partial charge >= 0.3 is 0 Å². The van der Waals surface area contributed by atoms with Gasteiger partial charge in [0.1, 0.15) is 11.8 Å². The fraction of sp³-hybridized carbons (Fsp3) is 0.360. The molecule has 0 aliphatic carbocycles. The van der Waals surface area contributed by atoms with E-state index in [4.69, 9.17) is 14.7 Å². The van der Waals surface area contributed by atoms with Crippen molar-refractivity contribution in [2.45, 2.75) is 12.5 Å². The van der Waals surface area contributed by atoms with Gasteiger partial charge in [-0.05, 0) is 48.5 Å². The van der Waals surface area contributed by atoms with Crippen LogP contribution < -0.4 is 9.64 Å². The molecule has 2 aliphatic rings. The maximum Gasteiger partial charge on any atom is 0.257 e. The van der Waals surface area contributed by atoms with Crippen molar-refractivity contribution in [2.75, 3.05) is 51.4 Å². The zero-order chi connectivity index (χ0) is 24.1. The van der Waals surface area contributed by atoms with Gasteiger partial charge in [-0.2, -0.15) is 5.26 Å². The summed E-state index contributed by atoms with van der Waals surface area (Å²) >= 11 is 0. The number of imide groups is 1. The predicted octanol–water partition coefficient (Wildman–Crippen LogP) is 1.67. The Kier molecular flexibility index (Phi) is 7.21. The Labute approximate surface area is 198 Å². The first kappa shape index (κ1) is 23.4. The number of nitriles is 1. The van der Waals surface area contributed by atoms with Gasteiger partial charge in [-0.15, -0.1) is 0 Å². The topological polar surface area (TPSA) is 103 Å². The maximum atomic E-state index is 13.5. The average molecular weight is 463 g/mol. The molecule has 0 radical (unpaired) electrons. The number of benzene rings is 2. The molecule has 3 amide bonds. The average Bonchev–Trinajstić information content (AvgIpc) is 3.18. The summed E-state index contributed by atoms with van der Waals surface area (Å²) in [6.45, 7) is 3.62. The van der Waals surface area contributed by atoms with E-state index < -0.39 is 11.9 Å². The van der Waals surface area contributed by atoms with Gasteiger partial charge in [0.15, 0.2) is 0 Å². The monoisotopic (exact) mass is 462 g/mol. The van der Waals surface area contributed by atoms with Gasteiger partial charge < -0.3 is 14.4 Å². The van der Waals surface area contributed by atoms with Gasteiger partial charge in [-0.25, -0.2) is 4.90 Å². The first-order valence-electron chi connectivity index (χ1n) is 11.1. The highest BCUT2D eigenvalue weighted by molar-refractivity contribution is 6.23. The van der Waals surface area contributed by atoms with E-state index in [-0.39, 0.29) is 18.2 Å². The lowest BCUT2D eigenvalue weighted by atomic mass is 10.1. The molecule has 4 rings (SSSR count). The van der Waals surface area contributed by atoms with Crippen LogP contribution in [0.3, 0.4) is 0 Å². The third-order valence-corrected chi connectivity index (χ3v) is 6.11. The minimum atomic E-state index is -0.904. The lowest BCUT2D eigenvalue weighted by Crippen LogP contribution is -2.49. The van der Waals surface area contributed by atoms with Gasteiger partial charge in [0.25, 0.3) is 11.8 Å². The molecule has 9 heteroatoms. The van der Waals surface area contributed by atoms with E-state index in [1.54, 1.807) is 55.6 Å². The van der Waals surface area contributed by atoms with Crippen molar-refractivity contribution in [3.63, 3.8) is 0 Å². The lowest BCUT2D eigenvalue weighted by molar-refractivity contribution is -0.122. The van der Waals surface area contributed by atoms with Gasteiger partial charge in [-0.3, -0.25) is 19.3 Å². The second-order valence-corrected chi connectivity index (χ2v) is 8.13. The van der Waals surface area contributed by atoms with Crippen LogP contribution in [-0.4, -0.2) is 80.1 Å². The van der Waals surface area contributed by atoms with Crippen LogP contribution in [0.4, 0.5) is 5.69 Å². The first-order valence-corrected chi connectivity index (χ1v) is 11.1. The summed E-state index contributed by atoms with van der Waals surface area (Å²) in [4.78, 5) is 44.5. The van der Waals surface area contributed by atoms with E-state index in [1.807, 2.05) is 6.07 Å². The van der Waals surface area contributed by atoms with Crippen LogP contribution in [-0.2, 0) is 14.3 Å². The minimum Gasteiger partial charge on any atom is -0.497 e. The van der Waals surface area contributed by atoms with Crippen molar-refractivity contribution in [1.29, 1.82) is 5.26 Å². The molecule has 2 heterocycles. The van der Waals surface area contributed by atoms with E-state index >= 15 is 0 Å². The highest BCUT2D eigenvalue weighted by Gasteiger charge is 2.44. The third-order valence-electron chi connectivity index (χ3n) is 6.11. The molecule has 9 nitrogen and oxygen atoms in total. The number of hydrogen-bond donors (Lipinski definition) is 0. The molecule has 1 atom stereocenters. The van der Waals surface area contributed by atoms with E-state index in [0.29, 0.717) is 48.9 Å². The second kappa shape index (κ2) is 10.5. The van der Waals surface area contributed by atoms with E-state index in [2.05, 4.69) is 4.90 Å². The highest BCUT2D eigenvalue weighted by Crippen LogP contribution is 2.27. The molecule has 0 N–H and O–H groups in total. The van der Waals surface area contributed by atoms with E-state index in [1.165, 1.54) is 4.90 Å². The van der Waals surface area contributed by atoms with Gasteiger partial charge in [0.2, 0.25) is 5.91 Å². The summed E-state index contributed by atoms with van der Waals surface area (Å²) in [6.07, 6.45) is -0.0934. The molecule has 2 aliphatic heterocycles. The highest BCUT2D eigenvalue weighted by atomic mass is 16.5. The Hall–Kier alpha value is -3.74. The second-order valence-electron chi connectivity index (χ2n) is 8.13. The molecule has 0 aromatic heterocycles. The van der Waals surface area contributed by atoms with Crippen molar-refractivity contribution < 1.29 is 23.9 Å². The fourth-order valence-electron chi connectivity index (χ4n) is 4.19. The van der Waals surface area contributed by atoms with Crippen LogP contribution in [0.15, 0.2) is 48.5 Å². The number of methoxy groups -OCH3 is 1. The number of amides is 3. The molecule has 0 saturated carbocycles. The predicted molar refractivity (Wildman–Crippen MR) is 123 cm³/mol. The number of rotatable bonds is 7. The molecular weight excluding hydrogens is 436 g/mol. The normalized spacial score (nSPS) is 18.6. The molecule has 0 spiro atoms. The van der Waals surface area contributed by atoms with Crippen molar-refractivity contribution in [1.82, 2.24) is 9.80 Å². The summed E-state index contributed by atoms with van der Waals surface area (Å²) in [5.41, 5.74) is 1.24. The number of anilines is 1. The molecule has 0 bridgehead atoms. The molecule has 2 fully saturated rings. The van der Waals surface area contributed by atoms with Crippen molar-refractivity contribution in [2.24, 2.45) is 0 Å². The van der Waals surface area contributed by atoms with Crippen LogP contribution >= 0.6 is 0 Å². The summed E-state index contributed by atoms with van der Waals surface area (Å²) in [5.74, 6) is -0.517. The van der Waals surface area contributed by atoms with Gasteiger partial charge in [0.05, 0.1) is 44.1 Å². The van der Waals surface area contributed by atoms with Gasteiger partial charge in [0, 0.05) is 31.7 Å². The SMILES string of the molecule is COc1ccc(C(=O)N(CCN2CCOCC2)C2CC(=O)N(c3ccc(C#N)cc3)C2=O)cc1. The number of carbonyl (C=O) groups excluding carboxylic acids is 3. The summed E-state index contributed by atoms with van der Waals surface area (Å²) in [6, 6.07) is 14.1. The number of morpholine rings is 1. The van der Waals surface area contributed by atoms with Crippen LogP contribution in [0.5, 0.6) is 5.75 Å². The molecule has 34 heavy (non-hydrogen) atoms. The van der Waals surface area contributed by atoms with E-state index in [0.717, 1.165) is 18.0 Å². The number of nitrogens with zero attached hydrogens (tertiary/aromatic N) is 4. The molecule has 2 saturated heterocycles. The van der Waals surface area contributed by atoms with Crippen LogP contribution in [0, 0.1) is 11.3 Å². The minimum absolute atomic E-state index is 0.0934. The molecular formula is C25H26N4O5. The Morgan fingerprint density at radius 1 is 1.12 bits per heavy atom. The Morgan fingerprint density at radius 2 is 1.79 bits per heavy atom. The number of hydrogen-bond acceptors (Lipinski definition) is 7. The third kappa shape index (κ3) is 4.93. The molecule has 1 unspecified atom stereocenters. The largest absolute Gasteiger partial charge is 0.497 e. The van der Waals surface area contributed by atoms with Crippen molar-refractivity contribution >= 4 is 23.4 Å². The quantitative estimate of drug-likeness (QED) is 0.577. The lowest BCUT2D eigenvalue weighted by Gasteiger charge is -2.32. The van der Waals surface area contributed by atoms with Crippen molar-refractivity contribution in [3.8, 4) is 11.8 Å². The van der Waals surface area contributed by atoms with Crippen LogP contribution in [0.1, 0.15) is 22.3 Å². The smallest absolute Gasteiger partial charge is 0.257 e. The first-order chi connectivity index (χ1) is 16.5. The number of ether oxygens (including phenoxy) is 2. The Balaban J connectivity index is 1.58. The maximum absolute atomic E-state index is 13.5. The van der Waals surface area contributed by atoms with Crippen LogP contribution in [0.2, 0.25) is 0 Å². The molecule has 176 valence electrons. The Bertz CT molecular complexity index is 1090. The Morgan fingerprint density at radius 3 is 2.41 bits per heavy atom. The summed E-state index contributed by atoms with van der Waals surface area (Å²) in [7, 11) is 1.55. The van der Waals surface area contributed by atoms with Crippen molar-refractivity contribution in [3.05, 3.63) is 59.7 Å². The summed E-state index contributed by atoms with van der Waals surface area (Å²) in [5, 5.41) is 9.02. The molecule has 2 aromatic rings. The fourth-order valence-corrected chi connectivity index (χ4v) is 4.19. The number of carbonyl (C=O) groups is 3. The standard InChI is InChI=1S/C25H26N4O5/c1-33-21-8-4-19(5-9-21)24(31)28(11-10-27-12-14-34-15-13-27)22-16-23(30)29(25(22)32)20-6-2-18(17-26)3-7-20/h2-9,22H,10-16H2,1H3.